The lowest BCUT2D eigenvalue weighted by atomic mass is 9.40. The number of amides is 1. The molecule has 0 spiro atoms. The Bertz CT molecular complexity index is 393. The van der Waals surface area contributed by atoms with Gasteiger partial charge in [-0.15, -0.1) is 0 Å². The molecule has 18 heavy (non-hydrogen) atoms. The predicted octanol–water partition coefficient (Wildman–Crippen LogP) is 3.26. The molecule has 0 aliphatic heterocycles. The second-order valence-electron chi connectivity index (χ2n) is 8.66. The van der Waals surface area contributed by atoms with Gasteiger partial charge in [-0.2, -0.15) is 0 Å². The maximum atomic E-state index is 12.7. The maximum Gasteiger partial charge on any atom is 0.226 e. The number of carbonyl (C=O) groups excluding carboxylic acids is 1. The summed E-state index contributed by atoms with van der Waals surface area (Å²) in [7, 11) is 0. The van der Waals surface area contributed by atoms with Crippen LogP contribution in [-0.4, -0.2) is 11.9 Å². The summed E-state index contributed by atoms with van der Waals surface area (Å²) in [5.41, 5.74) is 0.912. The van der Waals surface area contributed by atoms with Gasteiger partial charge in [-0.25, -0.2) is 0 Å². The van der Waals surface area contributed by atoms with Crippen molar-refractivity contribution < 1.29 is 4.79 Å². The molecule has 0 aromatic carbocycles. The van der Waals surface area contributed by atoms with Crippen molar-refractivity contribution >= 4 is 5.91 Å². The largest absolute Gasteiger partial charge is 0.353 e. The zero-order chi connectivity index (χ0) is 12.6. The molecule has 1 N–H and O–H groups in total. The second kappa shape index (κ2) is 3.13. The summed E-state index contributed by atoms with van der Waals surface area (Å²) in [6, 6.07) is 0.520. The van der Waals surface area contributed by atoms with Crippen molar-refractivity contribution in [2.75, 3.05) is 0 Å². The summed E-state index contributed by atoms with van der Waals surface area (Å²) in [5.74, 6) is 1.23. The summed E-state index contributed by atoms with van der Waals surface area (Å²) in [5, 5.41) is 3.31. The predicted molar refractivity (Wildman–Crippen MR) is 71.0 cm³/mol. The minimum Gasteiger partial charge on any atom is -0.353 e. The Morgan fingerprint density at radius 2 is 1.61 bits per heavy atom. The van der Waals surface area contributed by atoms with Crippen molar-refractivity contribution in [3.8, 4) is 0 Å². The van der Waals surface area contributed by atoms with E-state index < -0.39 is 0 Å². The molecule has 0 heterocycles. The molecule has 2 atom stereocenters. The fraction of sp³-hybridized carbons (Fsp3) is 0.938. The molecule has 5 fully saturated rings. The van der Waals surface area contributed by atoms with Crippen LogP contribution in [0.3, 0.4) is 0 Å². The van der Waals surface area contributed by atoms with E-state index in [1.54, 1.807) is 0 Å². The Balaban J connectivity index is 1.66. The van der Waals surface area contributed by atoms with Crippen LogP contribution in [0.25, 0.3) is 0 Å². The number of rotatable bonds is 2. The maximum absolute atomic E-state index is 12.7. The van der Waals surface area contributed by atoms with E-state index in [0.29, 0.717) is 22.8 Å². The quantitative estimate of drug-likeness (QED) is 0.797. The molecule has 100 valence electrons. The zero-order valence-corrected chi connectivity index (χ0v) is 11.7. The van der Waals surface area contributed by atoms with Crippen molar-refractivity contribution in [3.05, 3.63) is 0 Å². The molecular formula is C16H25NO. The van der Waals surface area contributed by atoms with E-state index in [0.717, 1.165) is 18.8 Å². The van der Waals surface area contributed by atoms with Gasteiger partial charge < -0.3 is 5.32 Å². The summed E-state index contributed by atoms with van der Waals surface area (Å²) >= 11 is 0. The Hall–Kier alpha value is -0.530. The zero-order valence-electron chi connectivity index (χ0n) is 11.7. The highest BCUT2D eigenvalue weighted by Gasteiger charge is 2.62. The van der Waals surface area contributed by atoms with Gasteiger partial charge in [-0.1, -0.05) is 13.8 Å². The lowest BCUT2D eigenvalue weighted by Gasteiger charge is -2.64. The molecule has 4 bridgehead atoms. The first-order chi connectivity index (χ1) is 8.41. The fourth-order valence-electron chi connectivity index (χ4n) is 6.27. The van der Waals surface area contributed by atoms with Crippen LogP contribution in [0.4, 0.5) is 0 Å². The molecule has 0 saturated heterocycles. The van der Waals surface area contributed by atoms with E-state index in [9.17, 15) is 4.79 Å². The third kappa shape index (κ3) is 1.57. The third-order valence-corrected chi connectivity index (χ3v) is 6.02. The van der Waals surface area contributed by atoms with Crippen molar-refractivity contribution in [1.29, 1.82) is 0 Å². The molecule has 0 aromatic heterocycles. The molecule has 5 aliphatic rings. The van der Waals surface area contributed by atoms with Gasteiger partial charge in [0, 0.05) is 6.04 Å². The van der Waals surface area contributed by atoms with E-state index in [4.69, 9.17) is 0 Å². The number of carbonyl (C=O) groups is 1. The molecular weight excluding hydrogens is 222 g/mol. The van der Waals surface area contributed by atoms with Crippen LogP contribution in [-0.2, 0) is 4.79 Å². The number of hydrogen-bond donors (Lipinski definition) is 1. The number of nitrogens with one attached hydrogen (secondary N) is 1. The minimum atomic E-state index is 0.00546. The lowest BCUT2D eigenvalue weighted by Crippen LogP contribution is -2.60. The lowest BCUT2D eigenvalue weighted by molar-refractivity contribution is -0.170. The highest BCUT2D eigenvalue weighted by atomic mass is 16.2. The molecule has 5 saturated carbocycles. The van der Waals surface area contributed by atoms with Gasteiger partial charge in [0.25, 0.3) is 0 Å². The third-order valence-electron chi connectivity index (χ3n) is 6.02. The van der Waals surface area contributed by atoms with Crippen LogP contribution >= 0.6 is 0 Å². The topological polar surface area (TPSA) is 29.1 Å². The van der Waals surface area contributed by atoms with Crippen LogP contribution in [0.5, 0.6) is 0 Å². The molecule has 2 heteroatoms. The van der Waals surface area contributed by atoms with Crippen molar-refractivity contribution in [3.63, 3.8) is 0 Å². The first-order valence-electron chi connectivity index (χ1n) is 7.72. The van der Waals surface area contributed by atoms with Gasteiger partial charge in [0.2, 0.25) is 5.91 Å². The van der Waals surface area contributed by atoms with Gasteiger partial charge in [0.1, 0.15) is 0 Å². The SMILES string of the molecule is C[C@@]12CC3CC(C(=O)NC4CC4)(C1)C[C@@](C)(C3)C2. The summed E-state index contributed by atoms with van der Waals surface area (Å²) in [4.78, 5) is 12.7. The Morgan fingerprint density at radius 1 is 1.00 bits per heavy atom. The Labute approximate surface area is 110 Å². The highest BCUT2D eigenvalue weighted by Crippen LogP contribution is 2.69. The van der Waals surface area contributed by atoms with E-state index in [-0.39, 0.29) is 5.41 Å². The molecule has 0 unspecified atom stereocenters. The van der Waals surface area contributed by atoms with E-state index in [1.165, 1.54) is 38.5 Å². The van der Waals surface area contributed by atoms with Gasteiger partial charge in [0.15, 0.2) is 0 Å². The smallest absolute Gasteiger partial charge is 0.226 e. The van der Waals surface area contributed by atoms with Gasteiger partial charge in [0.05, 0.1) is 5.41 Å². The van der Waals surface area contributed by atoms with Crippen molar-refractivity contribution in [2.45, 2.75) is 71.3 Å². The molecule has 2 nitrogen and oxygen atoms in total. The first kappa shape index (κ1) is 11.3. The number of hydrogen-bond acceptors (Lipinski definition) is 1. The normalized spacial score (nSPS) is 53.6. The van der Waals surface area contributed by atoms with Crippen LogP contribution in [0.2, 0.25) is 0 Å². The van der Waals surface area contributed by atoms with E-state index in [1.807, 2.05) is 0 Å². The molecule has 0 radical (unpaired) electrons. The molecule has 1 amide bonds. The average molecular weight is 247 g/mol. The van der Waals surface area contributed by atoms with E-state index >= 15 is 0 Å². The van der Waals surface area contributed by atoms with Crippen LogP contribution < -0.4 is 5.32 Å². The van der Waals surface area contributed by atoms with Crippen molar-refractivity contribution in [1.82, 2.24) is 5.32 Å². The van der Waals surface area contributed by atoms with Crippen LogP contribution in [0, 0.1) is 22.2 Å². The minimum absolute atomic E-state index is 0.00546. The average Bonchev–Trinajstić information content (AvgIpc) is 2.95. The standard InChI is InChI=1S/C16H25NO/c1-14-5-11-6-15(2,8-14)10-16(7-11,9-14)13(18)17-12-3-4-12/h11-12H,3-10H2,1-2H3,(H,17,18)/t11?,14-,15-,16?/m0/s1. The van der Waals surface area contributed by atoms with Gasteiger partial charge >= 0.3 is 0 Å². The molecule has 0 aromatic rings. The first-order valence-corrected chi connectivity index (χ1v) is 7.72. The van der Waals surface area contributed by atoms with Gasteiger partial charge in [-0.05, 0) is 68.1 Å². The Kier molecular flexibility index (Phi) is 1.97. The fourth-order valence-corrected chi connectivity index (χ4v) is 6.27. The van der Waals surface area contributed by atoms with E-state index in [2.05, 4.69) is 19.2 Å². The summed E-state index contributed by atoms with van der Waals surface area (Å²) < 4.78 is 0. The Morgan fingerprint density at radius 3 is 2.11 bits per heavy atom. The van der Waals surface area contributed by atoms with Crippen LogP contribution in [0.15, 0.2) is 0 Å². The monoisotopic (exact) mass is 247 g/mol. The van der Waals surface area contributed by atoms with Crippen LogP contribution in [0.1, 0.15) is 65.2 Å². The highest BCUT2D eigenvalue weighted by molar-refractivity contribution is 5.84. The summed E-state index contributed by atoms with van der Waals surface area (Å²) in [6.07, 6.45) is 10.0. The summed E-state index contributed by atoms with van der Waals surface area (Å²) in [6.45, 7) is 4.88. The molecule has 5 aliphatic carbocycles. The van der Waals surface area contributed by atoms with Gasteiger partial charge in [-0.3, -0.25) is 4.79 Å². The molecule has 5 rings (SSSR count). The second-order valence-corrected chi connectivity index (χ2v) is 8.66. The van der Waals surface area contributed by atoms with Crippen molar-refractivity contribution in [2.24, 2.45) is 22.2 Å².